The van der Waals surface area contributed by atoms with Gasteiger partial charge in [0.2, 0.25) is 0 Å². The Kier molecular flexibility index (Phi) is 9.95. The molecule has 1 aromatic rings. The third-order valence-electron chi connectivity index (χ3n) is 5.08. The van der Waals surface area contributed by atoms with Crippen molar-refractivity contribution >= 4 is 32.0 Å². The average molecular weight is 485 g/mol. The van der Waals surface area contributed by atoms with Crippen LogP contribution in [0.15, 0.2) is 54.3 Å². The van der Waals surface area contributed by atoms with E-state index in [-0.39, 0.29) is 11.5 Å². The lowest BCUT2D eigenvalue weighted by molar-refractivity contribution is 0.398. The van der Waals surface area contributed by atoms with E-state index >= 15 is 0 Å². The summed E-state index contributed by atoms with van der Waals surface area (Å²) in [4.78, 5) is 4.15. The number of rotatable bonds is 13. The normalized spacial score (nSPS) is 14.7. The van der Waals surface area contributed by atoms with E-state index in [1.54, 1.807) is 0 Å². The van der Waals surface area contributed by atoms with Crippen molar-refractivity contribution in [2.75, 3.05) is 43.1 Å². The molecule has 0 fully saturated rings. The highest BCUT2D eigenvalue weighted by Crippen LogP contribution is 2.17. The average Bonchev–Trinajstić information content (AvgIpc) is 2.72. The zero-order chi connectivity index (χ0) is 23.6. The molecule has 0 saturated heterocycles. The highest BCUT2D eigenvalue weighted by Gasteiger charge is 2.07. The van der Waals surface area contributed by atoms with Crippen LogP contribution in [0.4, 0.5) is 5.69 Å². The van der Waals surface area contributed by atoms with Crippen LogP contribution in [-0.4, -0.2) is 69.0 Å². The molecule has 10 heteroatoms. The standard InChI is InChI=1S/C22H32N2O6S2/c1-23(14-2-4-18-31(25,26)27)22-10-8-20(9-11-22)6-7-21-12-16-24(17-13-21)15-3-5-19-32(28,29)30/h6-13,16H,2-5,14-15,17-19H2,1H3,(H,25,26,27)(H,28,29,30)/b7-6+. The SMILES string of the molecule is CN(CCCCS(=O)(=O)O)c1ccc(/C=C/C2=CCN(CCCCS(=O)(=O)O)C=C2)cc1. The summed E-state index contributed by atoms with van der Waals surface area (Å²) in [6, 6.07) is 8.08. The number of anilines is 1. The first-order valence-corrected chi connectivity index (χ1v) is 13.8. The topological polar surface area (TPSA) is 115 Å². The predicted molar refractivity (Wildman–Crippen MR) is 129 cm³/mol. The summed E-state index contributed by atoms with van der Waals surface area (Å²) in [5, 5.41) is 0. The molecule has 1 aromatic carbocycles. The molecule has 1 aliphatic rings. The van der Waals surface area contributed by atoms with Crippen LogP contribution in [0.25, 0.3) is 6.08 Å². The molecule has 0 spiro atoms. The molecule has 0 atom stereocenters. The molecule has 1 aliphatic heterocycles. The van der Waals surface area contributed by atoms with Gasteiger partial charge in [0.05, 0.1) is 11.5 Å². The van der Waals surface area contributed by atoms with Crippen LogP contribution < -0.4 is 4.90 Å². The largest absolute Gasteiger partial charge is 0.375 e. The summed E-state index contributed by atoms with van der Waals surface area (Å²) in [7, 11) is -5.82. The second kappa shape index (κ2) is 12.2. The summed E-state index contributed by atoms with van der Waals surface area (Å²) in [5.41, 5.74) is 3.20. The van der Waals surface area contributed by atoms with Gasteiger partial charge in [0, 0.05) is 32.4 Å². The summed E-state index contributed by atoms with van der Waals surface area (Å²) in [5.74, 6) is -0.405. The molecule has 0 bridgehead atoms. The quantitative estimate of drug-likeness (QED) is 0.324. The van der Waals surface area contributed by atoms with E-state index in [2.05, 4.69) is 15.9 Å². The third kappa shape index (κ3) is 10.9. The number of hydrogen-bond donors (Lipinski definition) is 2. The zero-order valence-electron chi connectivity index (χ0n) is 18.3. The minimum absolute atomic E-state index is 0.197. The molecule has 0 aliphatic carbocycles. The fraction of sp³-hybridized carbons (Fsp3) is 0.455. The van der Waals surface area contributed by atoms with Gasteiger partial charge < -0.3 is 9.80 Å². The van der Waals surface area contributed by atoms with Gasteiger partial charge in [-0.1, -0.05) is 30.4 Å². The van der Waals surface area contributed by atoms with Crippen molar-refractivity contribution in [2.24, 2.45) is 0 Å². The summed E-state index contributed by atoms with van der Waals surface area (Å²) < 4.78 is 60.5. The first-order valence-electron chi connectivity index (χ1n) is 10.5. The van der Waals surface area contributed by atoms with Gasteiger partial charge >= 0.3 is 0 Å². The molecular formula is C22H32N2O6S2. The van der Waals surface area contributed by atoms with Crippen molar-refractivity contribution in [3.63, 3.8) is 0 Å². The van der Waals surface area contributed by atoms with E-state index in [1.165, 1.54) is 0 Å². The van der Waals surface area contributed by atoms with Crippen LogP contribution in [0.1, 0.15) is 31.2 Å². The van der Waals surface area contributed by atoms with Crippen molar-refractivity contribution in [3.05, 3.63) is 59.8 Å². The lowest BCUT2D eigenvalue weighted by atomic mass is 10.1. The fourth-order valence-corrected chi connectivity index (χ4v) is 4.36. The Morgan fingerprint density at radius 1 is 0.938 bits per heavy atom. The fourth-order valence-electron chi connectivity index (χ4n) is 3.23. The number of nitrogens with zero attached hydrogens (tertiary/aromatic N) is 2. The van der Waals surface area contributed by atoms with Crippen molar-refractivity contribution in [1.82, 2.24) is 4.90 Å². The third-order valence-corrected chi connectivity index (χ3v) is 6.69. The number of hydrogen-bond acceptors (Lipinski definition) is 6. The number of benzene rings is 1. The van der Waals surface area contributed by atoms with Crippen LogP contribution in [0.2, 0.25) is 0 Å². The zero-order valence-corrected chi connectivity index (χ0v) is 19.9. The van der Waals surface area contributed by atoms with Gasteiger partial charge in [-0.25, -0.2) is 0 Å². The monoisotopic (exact) mass is 484 g/mol. The molecule has 2 rings (SSSR count). The Morgan fingerprint density at radius 2 is 1.56 bits per heavy atom. The van der Waals surface area contributed by atoms with Crippen LogP contribution in [-0.2, 0) is 20.2 Å². The van der Waals surface area contributed by atoms with E-state index in [4.69, 9.17) is 9.11 Å². The maximum atomic E-state index is 10.8. The molecule has 32 heavy (non-hydrogen) atoms. The minimum atomic E-state index is -3.89. The Morgan fingerprint density at radius 3 is 2.12 bits per heavy atom. The minimum Gasteiger partial charge on any atom is -0.375 e. The van der Waals surface area contributed by atoms with Gasteiger partial charge in [-0.05, 0) is 61.2 Å². The molecule has 0 aromatic heterocycles. The molecule has 8 nitrogen and oxygen atoms in total. The Bertz CT molecular complexity index is 1030. The van der Waals surface area contributed by atoms with Crippen LogP contribution in [0, 0.1) is 0 Å². The van der Waals surface area contributed by atoms with Crippen LogP contribution in [0.3, 0.4) is 0 Å². The summed E-state index contributed by atoms with van der Waals surface area (Å²) >= 11 is 0. The summed E-state index contributed by atoms with van der Waals surface area (Å²) in [6.07, 6.45) is 12.4. The number of unbranched alkanes of at least 4 members (excludes halogenated alkanes) is 2. The first-order chi connectivity index (χ1) is 15.0. The highest BCUT2D eigenvalue weighted by atomic mass is 32.2. The number of allylic oxidation sites excluding steroid dienone is 3. The molecule has 0 saturated carbocycles. The van der Waals surface area contributed by atoms with E-state index in [0.29, 0.717) is 32.2 Å². The lowest BCUT2D eigenvalue weighted by Crippen LogP contribution is -2.21. The summed E-state index contributed by atoms with van der Waals surface area (Å²) in [6.45, 7) is 2.20. The van der Waals surface area contributed by atoms with E-state index < -0.39 is 20.2 Å². The van der Waals surface area contributed by atoms with Crippen molar-refractivity contribution < 1.29 is 25.9 Å². The molecule has 0 radical (unpaired) electrons. The van der Waals surface area contributed by atoms with E-state index in [9.17, 15) is 16.8 Å². The van der Waals surface area contributed by atoms with Gasteiger partial charge in [0.15, 0.2) is 0 Å². The van der Waals surface area contributed by atoms with Gasteiger partial charge in [0.25, 0.3) is 20.2 Å². The Labute approximate surface area is 191 Å². The molecule has 0 unspecified atom stereocenters. The molecular weight excluding hydrogens is 452 g/mol. The molecule has 2 N–H and O–H groups in total. The second-order valence-electron chi connectivity index (χ2n) is 7.85. The van der Waals surface area contributed by atoms with Crippen LogP contribution >= 0.6 is 0 Å². The Hall–Kier alpha value is -2.14. The Balaban J connectivity index is 1.74. The van der Waals surface area contributed by atoms with E-state index in [0.717, 1.165) is 29.9 Å². The van der Waals surface area contributed by atoms with Crippen LogP contribution in [0.5, 0.6) is 0 Å². The predicted octanol–water partition coefficient (Wildman–Crippen LogP) is 3.23. The van der Waals surface area contributed by atoms with Gasteiger partial charge in [-0.2, -0.15) is 16.8 Å². The van der Waals surface area contributed by atoms with E-state index in [1.807, 2.05) is 55.7 Å². The smallest absolute Gasteiger partial charge is 0.264 e. The van der Waals surface area contributed by atoms with Crippen molar-refractivity contribution in [1.29, 1.82) is 0 Å². The maximum Gasteiger partial charge on any atom is 0.264 e. The van der Waals surface area contributed by atoms with Gasteiger partial charge in [0.1, 0.15) is 0 Å². The molecule has 1 heterocycles. The molecule has 178 valence electrons. The highest BCUT2D eigenvalue weighted by molar-refractivity contribution is 7.86. The van der Waals surface area contributed by atoms with Gasteiger partial charge in [-0.3, -0.25) is 9.11 Å². The molecule has 0 amide bonds. The first kappa shape index (κ1) is 26.1. The maximum absolute atomic E-state index is 10.8. The van der Waals surface area contributed by atoms with Gasteiger partial charge in [-0.15, -0.1) is 0 Å². The second-order valence-corrected chi connectivity index (χ2v) is 11.0. The van der Waals surface area contributed by atoms with Crippen molar-refractivity contribution in [3.8, 4) is 0 Å². The van der Waals surface area contributed by atoms with Crippen molar-refractivity contribution in [2.45, 2.75) is 25.7 Å². The lowest BCUT2D eigenvalue weighted by Gasteiger charge is -2.21.